The van der Waals surface area contributed by atoms with E-state index in [4.69, 9.17) is 4.74 Å². The fourth-order valence-corrected chi connectivity index (χ4v) is 2.08. The molecule has 0 saturated carbocycles. The van der Waals surface area contributed by atoms with Gasteiger partial charge in [-0.1, -0.05) is 30.3 Å². The Morgan fingerprint density at radius 1 is 0.923 bits per heavy atom. The van der Waals surface area contributed by atoms with Crippen molar-refractivity contribution in [1.82, 2.24) is 4.98 Å². The van der Waals surface area contributed by atoms with E-state index in [9.17, 15) is 13.2 Å². The second-order valence-electron chi connectivity index (χ2n) is 5.29. The Morgan fingerprint density at radius 3 is 2.38 bits per heavy atom. The highest BCUT2D eigenvalue weighted by molar-refractivity contribution is 5.80. The Labute approximate surface area is 148 Å². The second kappa shape index (κ2) is 7.69. The summed E-state index contributed by atoms with van der Waals surface area (Å²) in [5.41, 5.74) is 2.55. The number of pyridine rings is 1. The fourth-order valence-electron chi connectivity index (χ4n) is 2.08. The van der Waals surface area contributed by atoms with E-state index in [0.29, 0.717) is 11.5 Å². The third-order valence-electron chi connectivity index (χ3n) is 3.32. The summed E-state index contributed by atoms with van der Waals surface area (Å²) < 4.78 is 43.2. The highest BCUT2D eigenvalue weighted by Gasteiger charge is 2.30. The molecular weight excluding hydrogens is 343 g/mol. The first kappa shape index (κ1) is 17.5. The van der Waals surface area contributed by atoms with Crippen LogP contribution in [0.3, 0.4) is 0 Å². The molecule has 0 bridgehead atoms. The molecule has 3 rings (SSSR count). The highest BCUT2D eigenvalue weighted by atomic mass is 19.4. The van der Waals surface area contributed by atoms with Crippen molar-refractivity contribution in [3.05, 3.63) is 84.1 Å². The number of rotatable bonds is 5. The Balaban J connectivity index is 1.63. The number of nitrogens with one attached hydrogen (secondary N) is 1. The van der Waals surface area contributed by atoms with Crippen LogP contribution in [0.25, 0.3) is 0 Å². The molecule has 132 valence electrons. The third kappa shape index (κ3) is 4.83. The van der Waals surface area contributed by atoms with Crippen molar-refractivity contribution >= 4 is 12.0 Å². The number of nitrogens with zero attached hydrogens (tertiary/aromatic N) is 2. The van der Waals surface area contributed by atoms with Gasteiger partial charge >= 0.3 is 6.18 Å². The van der Waals surface area contributed by atoms with Crippen LogP contribution in [-0.4, -0.2) is 11.2 Å². The maximum Gasteiger partial charge on any atom is 0.417 e. The van der Waals surface area contributed by atoms with E-state index in [-0.39, 0.29) is 5.82 Å². The van der Waals surface area contributed by atoms with E-state index in [1.54, 1.807) is 6.07 Å². The smallest absolute Gasteiger partial charge is 0.417 e. The van der Waals surface area contributed by atoms with Crippen LogP contribution < -0.4 is 10.2 Å². The lowest BCUT2D eigenvalue weighted by molar-refractivity contribution is -0.137. The minimum absolute atomic E-state index is 0.214. The van der Waals surface area contributed by atoms with Gasteiger partial charge in [-0.2, -0.15) is 18.3 Å². The molecule has 2 aromatic carbocycles. The number of hydrogen-bond acceptors (Lipinski definition) is 4. The lowest BCUT2D eigenvalue weighted by Gasteiger charge is -2.06. The lowest BCUT2D eigenvalue weighted by atomic mass is 10.2. The van der Waals surface area contributed by atoms with E-state index in [1.165, 1.54) is 12.3 Å². The van der Waals surface area contributed by atoms with Crippen molar-refractivity contribution in [2.24, 2.45) is 5.10 Å². The number of aromatic nitrogens is 1. The minimum atomic E-state index is -4.41. The first-order chi connectivity index (χ1) is 12.5. The molecule has 1 N–H and O–H groups in total. The summed E-state index contributed by atoms with van der Waals surface area (Å²) in [6.07, 6.45) is -2.13. The molecule has 0 aliphatic rings. The standard InChI is InChI=1S/C19H14F3N3O/c20-19(21,22)15-9-10-18(23-13-15)25-24-12-14-5-4-8-17(11-14)26-16-6-2-1-3-7-16/h1-13H,(H,23,25)/b24-12-. The third-order valence-corrected chi connectivity index (χ3v) is 3.32. The summed E-state index contributed by atoms with van der Waals surface area (Å²) in [5, 5.41) is 3.98. The van der Waals surface area contributed by atoms with E-state index < -0.39 is 11.7 Å². The SMILES string of the molecule is FC(F)(F)c1ccc(N/N=C\c2cccc(Oc3ccccc3)c2)nc1. The van der Waals surface area contributed by atoms with Crippen LogP contribution in [0, 0.1) is 0 Å². The van der Waals surface area contributed by atoms with Crippen molar-refractivity contribution in [2.45, 2.75) is 6.18 Å². The summed E-state index contributed by atoms with van der Waals surface area (Å²) in [6, 6.07) is 18.7. The van der Waals surface area contributed by atoms with Crippen molar-refractivity contribution in [3.8, 4) is 11.5 Å². The van der Waals surface area contributed by atoms with Crippen molar-refractivity contribution in [3.63, 3.8) is 0 Å². The van der Waals surface area contributed by atoms with Gasteiger partial charge in [-0.15, -0.1) is 0 Å². The maximum atomic E-state index is 12.5. The van der Waals surface area contributed by atoms with Crippen molar-refractivity contribution in [2.75, 3.05) is 5.43 Å². The van der Waals surface area contributed by atoms with E-state index in [0.717, 1.165) is 17.8 Å². The lowest BCUT2D eigenvalue weighted by Crippen LogP contribution is -2.05. The van der Waals surface area contributed by atoms with Gasteiger partial charge in [0.05, 0.1) is 11.8 Å². The number of benzene rings is 2. The van der Waals surface area contributed by atoms with Crippen molar-refractivity contribution < 1.29 is 17.9 Å². The van der Waals surface area contributed by atoms with E-state index >= 15 is 0 Å². The number of hydrogen-bond donors (Lipinski definition) is 1. The monoisotopic (exact) mass is 357 g/mol. The number of alkyl halides is 3. The number of anilines is 1. The molecule has 26 heavy (non-hydrogen) atoms. The summed E-state index contributed by atoms with van der Waals surface area (Å²) in [7, 11) is 0. The predicted molar refractivity (Wildman–Crippen MR) is 93.4 cm³/mol. The normalized spacial score (nSPS) is 11.5. The number of ether oxygens (including phenoxy) is 1. The molecule has 0 radical (unpaired) electrons. The van der Waals surface area contributed by atoms with Crippen LogP contribution in [0.2, 0.25) is 0 Å². The zero-order valence-electron chi connectivity index (χ0n) is 13.4. The fraction of sp³-hybridized carbons (Fsp3) is 0.0526. The quantitative estimate of drug-likeness (QED) is 0.495. The predicted octanol–water partition coefficient (Wildman–Crippen LogP) is 5.34. The molecule has 0 aliphatic carbocycles. The van der Waals surface area contributed by atoms with Gasteiger partial charge < -0.3 is 4.74 Å². The van der Waals surface area contributed by atoms with Crippen LogP contribution >= 0.6 is 0 Å². The summed E-state index contributed by atoms with van der Waals surface area (Å²) in [5.74, 6) is 1.58. The molecule has 0 spiro atoms. The zero-order chi connectivity index (χ0) is 18.4. The molecule has 0 amide bonds. The van der Waals surface area contributed by atoms with Gasteiger partial charge in [0.15, 0.2) is 0 Å². The topological polar surface area (TPSA) is 46.5 Å². The van der Waals surface area contributed by atoms with Gasteiger partial charge in [0.1, 0.15) is 17.3 Å². The number of hydrazone groups is 1. The summed E-state index contributed by atoms with van der Waals surface area (Å²) in [6.45, 7) is 0. The van der Waals surface area contributed by atoms with Crippen LogP contribution in [0.4, 0.5) is 19.0 Å². The molecule has 1 aromatic heterocycles. The summed E-state index contributed by atoms with van der Waals surface area (Å²) in [4.78, 5) is 3.68. The molecule has 4 nitrogen and oxygen atoms in total. The summed E-state index contributed by atoms with van der Waals surface area (Å²) >= 11 is 0. The largest absolute Gasteiger partial charge is 0.457 e. The maximum absolute atomic E-state index is 12.5. The van der Waals surface area contributed by atoms with Crippen LogP contribution in [-0.2, 0) is 6.18 Å². The molecule has 1 heterocycles. The minimum Gasteiger partial charge on any atom is -0.457 e. The van der Waals surface area contributed by atoms with Gasteiger partial charge in [0.2, 0.25) is 0 Å². The molecule has 0 saturated heterocycles. The molecule has 0 atom stereocenters. The van der Waals surface area contributed by atoms with Crippen LogP contribution in [0.5, 0.6) is 11.5 Å². The first-order valence-corrected chi connectivity index (χ1v) is 7.66. The highest BCUT2D eigenvalue weighted by Crippen LogP contribution is 2.28. The first-order valence-electron chi connectivity index (χ1n) is 7.66. The van der Waals surface area contributed by atoms with Crippen LogP contribution in [0.1, 0.15) is 11.1 Å². The molecule has 7 heteroatoms. The second-order valence-corrected chi connectivity index (χ2v) is 5.29. The van der Waals surface area contributed by atoms with Gasteiger partial charge in [0.25, 0.3) is 0 Å². The Morgan fingerprint density at radius 2 is 1.69 bits per heavy atom. The van der Waals surface area contributed by atoms with Crippen LogP contribution in [0.15, 0.2) is 78.0 Å². The van der Waals surface area contributed by atoms with Gasteiger partial charge in [-0.25, -0.2) is 4.98 Å². The number of halogens is 3. The van der Waals surface area contributed by atoms with E-state index in [1.807, 2.05) is 48.5 Å². The molecule has 0 unspecified atom stereocenters. The Hall–Kier alpha value is -3.35. The molecular formula is C19H14F3N3O. The van der Waals surface area contributed by atoms with Gasteiger partial charge in [0, 0.05) is 6.20 Å². The van der Waals surface area contributed by atoms with E-state index in [2.05, 4.69) is 15.5 Å². The molecule has 3 aromatic rings. The molecule has 0 aliphatic heterocycles. The average molecular weight is 357 g/mol. The van der Waals surface area contributed by atoms with Gasteiger partial charge in [-0.05, 0) is 42.0 Å². The number of para-hydroxylation sites is 1. The van der Waals surface area contributed by atoms with Gasteiger partial charge in [-0.3, -0.25) is 5.43 Å². The Kier molecular flexibility index (Phi) is 5.17. The Bertz CT molecular complexity index is 879. The average Bonchev–Trinajstić information content (AvgIpc) is 2.63. The van der Waals surface area contributed by atoms with Crippen molar-refractivity contribution in [1.29, 1.82) is 0 Å². The molecule has 0 fully saturated rings. The zero-order valence-corrected chi connectivity index (χ0v) is 13.4.